The molecule has 3 heteroatoms. The number of phenolic OH excluding ortho intramolecular Hbond substituents is 1. The lowest BCUT2D eigenvalue weighted by Gasteiger charge is -2.06. The Labute approximate surface area is 154 Å². The van der Waals surface area contributed by atoms with Crippen molar-refractivity contribution in [1.82, 2.24) is 0 Å². The topological polar surface area (TPSA) is 49.7 Å². The molecule has 0 aliphatic heterocycles. The monoisotopic (exact) mass is 347 g/mol. The minimum Gasteiger partial charge on any atom is -0.508 e. The highest BCUT2D eigenvalue weighted by Gasteiger charge is 2.03. The van der Waals surface area contributed by atoms with Gasteiger partial charge in [-0.05, 0) is 24.5 Å². The molecule has 1 aromatic carbocycles. The van der Waals surface area contributed by atoms with Crippen LogP contribution in [0.3, 0.4) is 0 Å². The zero-order valence-electron chi connectivity index (χ0n) is 16.1. The van der Waals surface area contributed by atoms with Gasteiger partial charge in [0.15, 0.2) is 0 Å². The summed E-state index contributed by atoms with van der Waals surface area (Å²) in [7, 11) is 0. The van der Waals surface area contributed by atoms with Crippen LogP contribution in [0.2, 0.25) is 0 Å². The van der Waals surface area contributed by atoms with Gasteiger partial charge in [-0.3, -0.25) is 0 Å². The number of benzene rings is 1. The van der Waals surface area contributed by atoms with Gasteiger partial charge >= 0.3 is 0 Å². The van der Waals surface area contributed by atoms with Crippen molar-refractivity contribution >= 4 is 0 Å². The van der Waals surface area contributed by atoms with Crippen LogP contribution in [0.1, 0.15) is 102 Å². The van der Waals surface area contributed by atoms with Crippen molar-refractivity contribution < 1.29 is 5.11 Å². The molecule has 25 heavy (non-hydrogen) atoms. The highest BCUT2D eigenvalue weighted by Crippen LogP contribution is 2.21. The van der Waals surface area contributed by atoms with Gasteiger partial charge in [-0.2, -0.15) is 4.91 Å². The second-order valence-corrected chi connectivity index (χ2v) is 7.24. The number of phenols is 1. The average Bonchev–Trinajstić information content (AvgIpc) is 2.61. The predicted octanol–water partition coefficient (Wildman–Crippen LogP) is 7.29. The van der Waals surface area contributed by atoms with Crippen LogP contribution in [-0.4, -0.2) is 5.11 Å². The molecule has 0 aliphatic rings. The van der Waals surface area contributed by atoms with E-state index >= 15 is 0 Å². The van der Waals surface area contributed by atoms with Crippen LogP contribution in [-0.2, 0) is 13.0 Å². The second kappa shape index (κ2) is 14.9. The first-order chi connectivity index (χ1) is 12.3. The first kappa shape index (κ1) is 21.7. The van der Waals surface area contributed by atoms with E-state index in [9.17, 15) is 10.0 Å². The van der Waals surface area contributed by atoms with E-state index in [0.29, 0.717) is 5.56 Å². The molecule has 0 aliphatic carbocycles. The molecule has 0 aromatic heterocycles. The highest BCUT2D eigenvalue weighted by molar-refractivity contribution is 5.36. The average molecular weight is 348 g/mol. The van der Waals surface area contributed by atoms with Gasteiger partial charge in [0.1, 0.15) is 12.3 Å². The van der Waals surface area contributed by atoms with E-state index in [1.807, 2.05) is 12.1 Å². The van der Waals surface area contributed by atoms with Gasteiger partial charge in [0.2, 0.25) is 0 Å². The summed E-state index contributed by atoms with van der Waals surface area (Å²) < 4.78 is 0. The van der Waals surface area contributed by atoms with Gasteiger partial charge < -0.3 is 5.11 Å². The van der Waals surface area contributed by atoms with Gasteiger partial charge in [-0.25, -0.2) is 0 Å². The maximum Gasteiger partial charge on any atom is 0.121 e. The molecule has 0 radical (unpaired) electrons. The fourth-order valence-corrected chi connectivity index (χ4v) is 3.32. The SMILES string of the molecule is CCCCCCCCCCCCCCCc1ccc(CN=O)c(O)c1. The third kappa shape index (κ3) is 11.0. The number of unbranched alkanes of at least 4 members (excludes halogenated alkanes) is 12. The summed E-state index contributed by atoms with van der Waals surface area (Å²) in [5, 5.41) is 12.7. The minimum atomic E-state index is 0.0465. The number of hydrogen-bond donors (Lipinski definition) is 1. The zero-order valence-corrected chi connectivity index (χ0v) is 16.1. The summed E-state index contributed by atoms with van der Waals surface area (Å²) in [6.45, 7) is 2.32. The van der Waals surface area contributed by atoms with Crippen molar-refractivity contribution in [2.24, 2.45) is 5.18 Å². The number of aromatic hydroxyl groups is 1. The third-order valence-electron chi connectivity index (χ3n) is 4.95. The highest BCUT2D eigenvalue weighted by atomic mass is 16.3. The fourth-order valence-electron chi connectivity index (χ4n) is 3.32. The molecule has 142 valence electrons. The first-order valence-electron chi connectivity index (χ1n) is 10.4. The molecule has 0 heterocycles. The molecule has 1 aromatic rings. The Kier molecular flexibility index (Phi) is 12.9. The molecule has 0 unspecified atom stereocenters. The number of nitrogens with zero attached hydrogens (tertiary/aromatic N) is 1. The standard InChI is InChI=1S/C22H37NO2/c1-2-3-4-5-6-7-8-9-10-11-12-13-14-15-20-16-17-21(19-23-25)22(24)18-20/h16-18,24H,2-15,19H2,1H3. The first-order valence-corrected chi connectivity index (χ1v) is 10.4. The Morgan fingerprint density at radius 1 is 0.800 bits per heavy atom. The van der Waals surface area contributed by atoms with E-state index in [0.717, 1.165) is 12.0 Å². The fraction of sp³-hybridized carbons (Fsp3) is 0.727. The summed E-state index contributed by atoms with van der Waals surface area (Å²) in [5.41, 5.74) is 1.76. The third-order valence-corrected chi connectivity index (χ3v) is 4.95. The number of hydrogen-bond acceptors (Lipinski definition) is 3. The van der Waals surface area contributed by atoms with Crippen LogP contribution in [0, 0.1) is 4.91 Å². The summed E-state index contributed by atoms with van der Waals surface area (Å²) >= 11 is 0. The maximum absolute atomic E-state index is 10.3. The molecule has 0 bridgehead atoms. The van der Waals surface area contributed by atoms with Crippen molar-refractivity contribution in [2.45, 2.75) is 103 Å². The molecule has 0 atom stereocenters. The van der Waals surface area contributed by atoms with Crippen molar-refractivity contribution in [3.8, 4) is 5.75 Å². The summed E-state index contributed by atoms with van der Waals surface area (Å²) in [4.78, 5) is 10.3. The van der Waals surface area contributed by atoms with E-state index in [2.05, 4.69) is 12.1 Å². The number of rotatable bonds is 16. The maximum atomic E-state index is 10.3. The Morgan fingerprint density at radius 3 is 1.80 bits per heavy atom. The Bertz CT molecular complexity index is 459. The van der Waals surface area contributed by atoms with Crippen molar-refractivity contribution in [2.75, 3.05) is 0 Å². The van der Waals surface area contributed by atoms with Crippen LogP contribution < -0.4 is 0 Å². The molecule has 0 fully saturated rings. The Balaban J connectivity index is 1.93. The van der Waals surface area contributed by atoms with E-state index in [-0.39, 0.29) is 12.3 Å². The minimum absolute atomic E-state index is 0.0465. The molecule has 1 rings (SSSR count). The number of aryl methyl sites for hydroxylation is 1. The lowest BCUT2D eigenvalue weighted by Crippen LogP contribution is -1.89. The predicted molar refractivity (Wildman–Crippen MR) is 107 cm³/mol. The van der Waals surface area contributed by atoms with E-state index in [1.165, 1.54) is 83.5 Å². The van der Waals surface area contributed by atoms with Crippen molar-refractivity contribution in [3.05, 3.63) is 34.2 Å². The van der Waals surface area contributed by atoms with Crippen LogP contribution >= 0.6 is 0 Å². The number of nitroso groups, excluding NO2 is 1. The van der Waals surface area contributed by atoms with Crippen LogP contribution in [0.25, 0.3) is 0 Å². The lowest BCUT2D eigenvalue weighted by molar-refractivity contribution is 0.467. The van der Waals surface area contributed by atoms with Crippen molar-refractivity contribution in [3.63, 3.8) is 0 Å². The van der Waals surface area contributed by atoms with Crippen molar-refractivity contribution in [1.29, 1.82) is 0 Å². The molecule has 1 N–H and O–H groups in total. The molecule has 0 saturated heterocycles. The van der Waals surface area contributed by atoms with Gasteiger partial charge in [-0.15, -0.1) is 0 Å². The van der Waals surface area contributed by atoms with Gasteiger partial charge in [0.25, 0.3) is 0 Å². The van der Waals surface area contributed by atoms with E-state index in [1.54, 1.807) is 6.07 Å². The Morgan fingerprint density at radius 2 is 1.32 bits per heavy atom. The smallest absolute Gasteiger partial charge is 0.121 e. The van der Waals surface area contributed by atoms with Crippen LogP contribution in [0.5, 0.6) is 5.75 Å². The van der Waals surface area contributed by atoms with E-state index in [4.69, 9.17) is 0 Å². The van der Waals surface area contributed by atoms with Crippen LogP contribution in [0.4, 0.5) is 0 Å². The summed E-state index contributed by atoms with van der Waals surface area (Å²) in [6, 6.07) is 5.59. The molecule has 0 spiro atoms. The van der Waals surface area contributed by atoms with Gasteiger partial charge in [0.05, 0.1) is 0 Å². The zero-order chi connectivity index (χ0) is 18.2. The molecular formula is C22H37NO2. The van der Waals surface area contributed by atoms with Gasteiger partial charge in [0, 0.05) is 5.56 Å². The molecule has 3 nitrogen and oxygen atoms in total. The summed E-state index contributed by atoms with van der Waals surface area (Å²) in [5.74, 6) is 0.201. The largest absolute Gasteiger partial charge is 0.508 e. The lowest BCUT2D eigenvalue weighted by atomic mass is 10.0. The molecule has 0 amide bonds. The second-order valence-electron chi connectivity index (χ2n) is 7.24. The van der Waals surface area contributed by atoms with E-state index < -0.39 is 0 Å². The normalized spacial score (nSPS) is 10.9. The molecular weight excluding hydrogens is 310 g/mol. The van der Waals surface area contributed by atoms with Crippen LogP contribution in [0.15, 0.2) is 23.4 Å². The summed E-state index contributed by atoms with van der Waals surface area (Å²) in [6.07, 6.45) is 18.7. The Hall–Kier alpha value is -1.38. The molecule has 0 saturated carbocycles. The van der Waals surface area contributed by atoms with Gasteiger partial charge in [-0.1, -0.05) is 101 Å². The quantitative estimate of drug-likeness (QED) is 0.252.